The van der Waals surface area contributed by atoms with Gasteiger partial charge in [0.15, 0.2) is 0 Å². The number of pyridine rings is 1. The molecule has 1 aromatic rings. The van der Waals surface area contributed by atoms with Gasteiger partial charge in [-0.25, -0.2) is 4.98 Å². The Balaban J connectivity index is 2.61. The summed E-state index contributed by atoms with van der Waals surface area (Å²) in [7, 11) is 0. The van der Waals surface area contributed by atoms with Crippen LogP contribution in [-0.4, -0.2) is 11.6 Å². The molecule has 0 saturated heterocycles. The molecule has 0 N–H and O–H groups in total. The molecule has 0 atom stereocenters. The maximum atomic E-state index is 5.04. The number of hydrogen-bond donors (Lipinski definition) is 0. The molecule has 2 nitrogen and oxygen atoms in total. The molecule has 0 aromatic carbocycles. The van der Waals surface area contributed by atoms with Crippen LogP contribution in [0.1, 0.15) is 6.92 Å². The second-order valence-corrected chi connectivity index (χ2v) is 1.52. The van der Waals surface area contributed by atoms with E-state index in [9.17, 15) is 0 Å². The summed E-state index contributed by atoms with van der Waals surface area (Å²) in [6.07, 6.45) is 1.68. The third kappa shape index (κ3) is 1.72. The van der Waals surface area contributed by atoms with Crippen molar-refractivity contribution in [3.63, 3.8) is 0 Å². The van der Waals surface area contributed by atoms with Gasteiger partial charge < -0.3 is 4.74 Å². The fourth-order valence-corrected chi connectivity index (χ4v) is 0.526. The summed E-state index contributed by atoms with van der Waals surface area (Å²) in [5.41, 5.74) is 0. The van der Waals surface area contributed by atoms with Crippen LogP contribution in [-0.2, 0) is 0 Å². The van der Waals surface area contributed by atoms with E-state index in [-0.39, 0.29) is 0 Å². The Morgan fingerprint density at radius 2 is 2.67 bits per heavy atom. The molecule has 1 rings (SSSR count). The van der Waals surface area contributed by atoms with Crippen molar-refractivity contribution in [2.75, 3.05) is 6.61 Å². The highest BCUT2D eigenvalue weighted by atomic mass is 16.5. The van der Waals surface area contributed by atoms with Crippen LogP contribution in [0.25, 0.3) is 0 Å². The molecule has 0 aliphatic carbocycles. The normalized spacial score (nSPS) is 9.00. The van der Waals surface area contributed by atoms with Crippen LogP contribution in [0.2, 0.25) is 0 Å². The Morgan fingerprint density at radius 1 is 1.78 bits per heavy atom. The first-order chi connectivity index (χ1) is 4.43. The van der Waals surface area contributed by atoms with E-state index in [1.165, 1.54) is 0 Å². The van der Waals surface area contributed by atoms with Gasteiger partial charge in [-0.1, -0.05) is 0 Å². The Kier molecular flexibility index (Phi) is 2.07. The standard InChI is InChI=1S/C7H8NO/c1-2-9-7-5-3-4-6-8-7/h3-4,6H,2H2,1H3. The van der Waals surface area contributed by atoms with Gasteiger partial charge in [-0.2, -0.15) is 0 Å². The van der Waals surface area contributed by atoms with Gasteiger partial charge in [0.1, 0.15) is 0 Å². The fourth-order valence-electron chi connectivity index (χ4n) is 0.526. The molecule has 0 amide bonds. The quantitative estimate of drug-likeness (QED) is 0.589. The molecule has 1 radical (unpaired) electrons. The molecule has 0 aliphatic rings. The van der Waals surface area contributed by atoms with Crippen molar-refractivity contribution in [1.29, 1.82) is 0 Å². The highest BCUT2D eigenvalue weighted by Crippen LogP contribution is 2.00. The summed E-state index contributed by atoms with van der Waals surface area (Å²) >= 11 is 0. The first kappa shape index (κ1) is 6.08. The number of ether oxygens (including phenoxy) is 1. The summed E-state index contributed by atoms with van der Waals surface area (Å²) in [5.74, 6) is 0.569. The maximum absolute atomic E-state index is 5.04. The molecule has 47 valence electrons. The number of hydrogen-bond acceptors (Lipinski definition) is 2. The van der Waals surface area contributed by atoms with Crippen LogP contribution in [0, 0.1) is 6.07 Å². The van der Waals surface area contributed by atoms with E-state index in [4.69, 9.17) is 4.74 Å². The number of rotatable bonds is 2. The van der Waals surface area contributed by atoms with Crippen molar-refractivity contribution in [2.24, 2.45) is 0 Å². The SMILES string of the molecule is CCOc1[c]cccn1. The molecular formula is C7H8NO. The second kappa shape index (κ2) is 3.07. The minimum Gasteiger partial charge on any atom is -0.478 e. The third-order valence-electron chi connectivity index (χ3n) is 0.862. The predicted octanol–water partition coefficient (Wildman–Crippen LogP) is 1.28. The van der Waals surface area contributed by atoms with Gasteiger partial charge in [0.2, 0.25) is 5.88 Å². The lowest BCUT2D eigenvalue weighted by Gasteiger charge is -1.96. The van der Waals surface area contributed by atoms with E-state index in [1.54, 1.807) is 12.3 Å². The number of aromatic nitrogens is 1. The van der Waals surface area contributed by atoms with Crippen LogP contribution in [0.3, 0.4) is 0 Å². The second-order valence-electron chi connectivity index (χ2n) is 1.52. The zero-order valence-electron chi connectivity index (χ0n) is 5.29. The fraction of sp³-hybridized carbons (Fsp3) is 0.286. The summed E-state index contributed by atoms with van der Waals surface area (Å²) in [6.45, 7) is 2.57. The Bertz CT molecular complexity index is 162. The van der Waals surface area contributed by atoms with Gasteiger partial charge in [-0.05, 0) is 19.1 Å². The summed E-state index contributed by atoms with van der Waals surface area (Å²) in [4.78, 5) is 3.89. The van der Waals surface area contributed by atoms with Crippen LogP contribution >= 0.6 is 0 Å². The molecule has 1 aromatic heterocycles. The monoisotopic (exact) mass is 122 g/mol. The van der Waals surface area contributed by atoms with Gasteiger partial charge in [-0.15, -0.1) is 0 Å². The molecule has 0 aliphatic heterocycles. The van der Waals surface area contributed by atoms with E-state index < -0.39 is 0 Å². The maximum Gasteiger partial charge on any atom is 0.221 e. The molecular weight excluding hydrogens is 114 g/mol. The summed E-state index contributed by atoms with van der Waals surface area (Å²) in [6, 6.07) is 6.42. The van der Waals surface area contributed by atoms with Crippen molar-refractivity contribution in [1.82, 2.24) is 4.98 Å². The highest BCUT2D eigenvalue weighted by molar-refractivity contribution is 5.06. The summed E-state index contributed by atoms with van der Waals surface area (Å²) in [5, 5.41) is 0. The molecule has 0 unspecified atom stereocenters. The van der Waals surface area contributed by atoms with Gasteiger partial charge in [0.05, 0.1) is 6.61 Å². The molecule has 0 bridgehead atoms. The van der Waals surface area contributed by atoms with E-state index in [0.29, 0.717) is 12.5 Å². The lowest BCUT2D eigenvalue weighted by Crippen LogP contribution is -1.92. The first-order valence-electron chi connectivity index (χ1n) is 2.89. The minimum atomic E-state index is 0.569. The zero-order chi connectivity index (χ0) is 6.53. The topological polar surface area (TPSA) is 22.1 Å². The molecule has 9 heavy (non-hydrogen) atoms. The molecule has 1 heterocycles. The largest absolute Gasteiger partial charge is 0.478 e. The summed E-state index contributed by atoms with van der Waals surface area (Å²) < 4.78 is 5.04. The van der Waals surface area contributed by atoms with Crippen molar-refractivity contribution < 1.29 is 4.74 Å². The van der Waals surface area contributed by atoms with Crippen molar-refractivity contribution >= 4 is 0 Å². The first-order valence-corrected chi connectivity index (χ1v) is 2.89. The highest BCUT2D eigenvalue weighted by Gasteiger charge is 1.86. The van der Waals surface area contributed by atoms with E-state index in [0.717, 1.165) is 0 Å². The Hall–Kier alpha value is -1.05. The smallest absolute Gasteiger partial charge is 0.221 e. The lowest BCUT2D eigenvalue weighted by molar-refractivity contribution is 0.326. The average Bonchev–Trinajstić information content (AvgIpc) is 1.91. The predicted molar refractivity (Wildman–Crippen MR) is 34.2 cm³/mol. The van der Waals surface area contributed by atoms with Gasteiger partial charge in [0, 0.05) is 12.3 Å². The van der Waals surface area contributed by atoms with E-state index in [1.807, 2.05) is 13.0 Å². The Morgan fingerprint density at radius 3 is 3.22 bits per heavy atom. The zero-order valence-corrected chi connectivity index (χ0v) is 5.29. The van der Waals surface area contributed by atoms with Crippen molar-refractivity contribution in [3.05, 3.63) is 24.4 Å². The van der Waals surface area contributed by atoms with Crippen LogP contribution in [0.4, 0.5) is 0 Å². The van der Waals surface area contributed by atoms with Crippen LogP contribution < -0.4 is 4.74 Å². The van der Waals surface area contributed by atoms with Gasteiger partial charge in [0.25, 0.3) is 0 Å². The molecule has 0 spiro atoms. The Labute approximate surface area is 54.5 Å². The van der Waals surface area contributed by atoms with Gasteiger partial charge in [-0.3, -0.25) is 0 Å². The van der Waals surface area contributed by atoms with E-state index in [2.05, 4.69) is 11.1 Å². The molecule has 0 fully saturated rings. The van der Waals surface area contributed by atoms with Crippen molar-refractivity contribution in [2.45, 2.75) is 6.92 Å². The average molecular weight is 122 g/mol. The van der Waals surface area contributed by atoms with Crippen LogP contribution in [0.5, 0.6) is 5.88 Å². The van der Waals surface area contributed by atoms with Crippen LogP contribution in [0.15, 0.2) is 18.3 Å². The van der Waals surface area contributed by atoms with Gasteiger partial charge >= 0.3 is 0 Å². The minimum absolute atomic E-state index is 0.569. The number of nitrogens with zero attached hydrogens (tertiary/aromatic N) is 1. The lowest BCUT2D eigenvalue weighted by atomic mass is 10.5. The molecule has 0 saturated carbocycles. The van der Waals surface area contributed by atoms with E-state index >= 15 is 0 Å². The molecule has 2 heteroatoms. The van der Waals surface area contributed by atoms with Crippen molar-refractivity contribution in [3.8, 4) is 5.88 Å². The third-order valence-corrected chi connectivity index (χ3v) is 0.862.